The van der Waals surface area contributed by atoms with Gasteiger partial charge in [-0.1, -0.05) is 19.8 Å². The Balaban J connectivity index is 1.52. The Morgan fingerprint density at radius 3 is 2.66 bits per heavy atom. The molecule has 2 bridgehead atoms. The van der Waals surface area contributed by atoms with Gasteiger partial charge in [0.1, 0.15) is 11.4 Å². The first-order valence-electron chi connectivity index (χ1n) is 10.7. The van der Waals surface area contributed by atoms with E-state index < -0.39 is 0 Å². The second-order valence-corrected chi connectivity index (χ2v) is 9.20. The molecule has 2 amide bonds. The van der Waals surface area contributed by atoms with Gasteiger partial charge in [-0.3, -0.25) is 9.59 Å². The lowest BCUT2D eigenvalue weighted by Crippen LogP contribution is -2.55. The minimum absolute atomic E-state index is 0.0179. The van der Waals surface area contributed by atoms with Gasteiger partial charge in [0.25, 0.3) is 5.91 Å². The molecule has 1 aliphatic carbocycles. The lowest BCUT2D eigenvalue weighted by molar-refractivity contribution is -0.132. The van der Waals surface area contributed by atoms with Crippen LogP contribution in [0.15, 0.2) is 24.3 Å². The summed E-state index contributed by atoms with van der Waals surface area (Å²) in [6.45, 7) is 4.62. The van der Waals surface area contributed by atoms with E-state index in [-0.39, 0.29) is 35.4 Å². The maximum Gasteiger partial charge on any atom is 0.270 e. The lowest BCUT2D eigenvalue weighted by Gasteiger charge is -2.46. The summed E-state index contributed by atoms with van der Waals surface area (Å²) in [5, 5.41) is 0.975. The first kappa shape index (κ1) is 18.5. The van der Waals surface area contributed by atoms with Crippen LogP contribution in [0.25, 0.3) is 10.9 Å². The molecule has 4 atom stereocenters. The van der Waals surface area contributed by atoms with Crippen LogP contribution in [0.4, 0.5) is 0 Å². The van der Waals surface area contributed by atoms with Crippen molar-refractivity contribution < 1.29 is 14.3 Å². The Hall–Kier alpha value is -2.50. The Bertz CT molecular complexity index is 983. The second-order valence-electron chi connectivity index (χ2n) is 9.20. The molecule has 1 aromatic heterocycles. The average Bonchev–Trinajstić information content (AvgIpc) is 3.17. The van der Waals surface area contributed by atoms with Crippen molar-refractivity contribution in [1.82, 2.24) is 14.8 Å². The van der Waals surface area contributed by atoms with Crippen molar-refractivity contribution in [2.24, 2.45) is 5.41 Å². The zero-order chi connectivity index (χ0) is 20.3. The molecular weight excluding hydrogens is 366 g/mol. The van der Waals surface area contributed by atoms with Crippen LogP contribution in [0.1, 0.15) is 56.4 Å². The fraction of sp³-hybridized carbons (Fsp3) is 0.565. The molecule has 6 heteroatoms. The SMILES string of the molecule is COc1ccc2[nH]c(C(=O)N3C[C@@H]4C[C@@]5(C)[C@H](CCCC[C@@H]35)N4C(C)=O)cc2c1. The first-order chi connectivity index (χ1) is 13.9. The Kier molecular flexibility index (Phi) is 4.16. The molecule has 29 heavy (non-hydrogen) atoms. The Labute approximate surface area is 171 Å². The standard InChI is InChI=1S/C23H29N3O3/c1-14(27)26-16-12-23(2)20(6-4-5-7-21(23)26)25(13-16)22(28)19-11-15-10-17(29-3)8-9-18(15)24-19/h8-11,16,20-21,24H,4-7,12-13H2,1-3H3/t16-,20+,21-,23+/m0/s1. The number of fused-ring (bicyclic) bond motifs is 2. The summed E-state index contributed by atoms with van der Waals surface area (Å²) in [5.41, 5.74) is 1.54. The van der Waals surface area contributed by atoms with Gasteiger partial charge in [-0.05, 0) is 43.5 Å². The van der Waals surface area contributed by atoms with Crippen molar-refractivity contribution in [3.8, 4) is 5.75 Å². The maximum atomic E-state index is 13.6. The van der Waals surface area contributed by atoms with Crippen LogP contribution < -0.4 is 4.74 Å². The molecule has 2 aromatic rings. The van der Waals surface area contributed by atoms with E-state index >= 15 is 0 Å². The highest BCUT2D eigenvalue weighted by molar-refractivity contribution is 5.98. The van der Waals surface area contributed by atoms with Crippen LogP contribution in [-0.4, -0.2) is 58.4 Å². The number of nitrogens with one attached hydrogen (secondary N) is 1. The van der Waals surface area contributed by atoms with Crippen LogP contribution >= 0.6 is 0 Å². The Morgan fingerprint density at radius 2 is 1.93 bits per heavy atom. The van der Waals surface area contributed by atoms with Gasteiger partial charge in [-0.2, -0.15) is 0 Å². The van der Waals surface area contributed by atoms with Crippen molar-refractivity contribution in [3.63, 3.8) is 0 Å². The average molecular weight is 396 g/mol. The lowest BCUT2D eigenvalue weighted by atomic mass is 9.71. The van der Waals surface area contributed by atoms with Gasteiger partial charge in [0.05, 0.1) is 13.2 Å². The van der Waals surface area contributed by atoms with Gasteiger partial charge in [-0.25, -0.2) is 0 Å². The van der Waals surface area contributed by atoms with Crippen molar-refractivity contribution in [3.05, 3.63) is 30.0 Å². The molecule has 0 spiro atoms. The summed E-state index contributed by atoms with van der Waals surface area (Å²) >= 11 is 0. The molecule has 0 radical (unpaired) electrons. The summed E-state index contributed by atoms with van der Waals surface area (Å²) in [5.74, 6) is 0.978. The van der Waals surface area contributed by atoms with E-state index in [1.807, 2.05) is 24.3 Å². The van der Waals surface area contributed by atoms with E-state index in [2.05, 4.69) is 21.7 Å². The van der Waals surface area contributed by atoms with Crippen molar-refractivity contribution in [1.29, 1.82) is 0 Å². The van der Waals surface area contributed by atoms with E-state index in [9.17, 15) is 9.59 Å². The van der Waals surface area contributed by atoms with E-state index in [4.69, 9.17) is 4.74 Å². The Morgan fingerprint density at radius 1 is 1.17 bits per heavy atom. The number of benzene rings is 1. The predicted octanol–water partition coefficient (Wildman–Crippen LogP) is 3.57. The van der Waals surface area contributed by atoms with Crippen LogP contribution in [0.2, 0.25) is 0 Å². The largest absolute Gasteiger partial charge is 0.497 e. The number of H-pyrrole nitrogens is 1. The van der Waals surface area contributed by atoms with Crippen molar-refractivity contribution in [2.45, 2.75) is 64.1 Å². The number of carbonyl (C=O) groups is 2. The van der Waals surface area contributed by atoms with Crippen LogP contribution in [0, 0.1) is 5.41 Å². The molecule has 3 heterocycles. The molecule has 6 nitrogen and oxygen atoms in total. The number of hydrogen-bond acceptors (Lipinski definition) is 3. The van der Waals surface area contributed by atoms with Crippen molar-refractivity contribution >= 4 is 22.7 Å². The number of piperidine rings is 1. The third kappa shape index (κ3) is 2.68. The number of ether oxygens (including phenoxy) is 1. The zero-order valence-electron chi connectivity index (χ0n) is 17.4. The van der Waals surface area contributed by atoms with Crippen LogP contribution in [0.3, 0.4) is 0 Å². The van der Waals surface area contributed by atoms with Crippen LogP contribution in [0.5, 0.6) is 5.75 Å². The van der Waals surface area contributed by atoms with Crippen LogP contribution in [-0.2, 0) is 4.79 Å². The van der Waals surface area contributed by atoms with Gasteiger partial charge in [0.15, 0.2) is 0 Å². The van der Waals surface area contributed by atoms with Gasteiger partial charge in [0.2, 0.25) is 5.91 Å². The fourth-order valence-corrected chi connectivity index (χ4v) is 6.37. The smallest absolute Gasteiger partial charge is 0.270 e. The predicted molar refractivity (Wildman–Crippen MR) is 111 cm³/mol. The number of amides is 2. The van der Waals surface area contributed by atoms with E-state index in [1.165, 1.54) is 0 Å². The monoisotopic (exact) mass is 395 g/mol. The third-order valence-corrected chi connectivity index (χ3v) is 7.60. The summed E-state index contributed by atoms with van der Waals surface area (Å²) in [7, 11) is 1.65. The number of hydrogen-bond donors (Lipinski definition) is 1. The van der Waals surface area contributed by atoms with Crippen molar-refractivity contribution in [2.75, 3.05) is 13.7 Å². The molecule has 3 fully saturated rings. The summed E-state index contributed by atoms with van der Waals surface area (Å²) in [4.78, 5) is 33.6. The molecule has 2 saturated heterocycles. The molecule has 5 rings (SSSR count). The van der Waals surface area contributed by atoms with Gasteiger partial charge >= 0.3 is 0 Å². The molecule has 3 aliphatic rings. The molecular formula is C23H29N3O3. The summed E-state index contributed by atoms with van der Waals surface area (Å²) in [6, 6.07) is 8.29. The van der Waals surface area contributed by atoms with Gasteiger partial charge in [-0.15, -0.1) is 0 Å². The normalized spacial score (nSPS) is 31.1. The molecule has 154 valence electrons. The quantitative estimate of drug-likeness (QED) is 0.845. The summed E-state index contributed by atoms with van der Waals surface area (Å²) in [6.07, 6.45) is 5.32. The number of aromatic amines is 1. The molecule has 0 unspecified atom stereocenters. The van der Waals surface area contributed by atoms with Gasteiger partial charge in [0, 0.05) is 41.9 Å². The highest BCUT2D eigenvalue weighted by Crippen LogP contribution is 2.53. The minimum Gasteiger partial charge on any atom is -0.497 e. The van der Waals surface area contributed by atoms with Gasteiger partial charge < -0.3 is 19.5 Å². The number of likely N-dealkylation sites (tertiary alicyclic amines) is 2. The number of carbonyl (C=O) groups excluding carboxylic acids is 2. The highest BCUT2D eigenvalue weighted by Gasteiger charge is 2.60. The number of rotatable bonds is 2. The zero-order valence-corrected chi connectivity index (χ0v) is 17.4. The second kappa shape index (κ2) is 6.51. The molecule has 1 N–H and O–H groups in total. The highest BCUT2D eigenvalue weighted by atomic mass is 16.5. The van der Waals surface area contributed by atoms with E-state index in [0.29, 0.717) is 12.2 Å². The van der Waals surface area contributed by atoms with E-state index in [0.717, 1.165) is 48.8 Å². The third-order valence-electron chi connectivity index (χ3n) is 7.60. The topological polar surface area (TPSA) is 65.6 Å². The first-order valence-corrected chi connectivity index (χ1v) is 10.7. The molecule has 2 aliphatic heterocycles. The molecule has 1 saturated carbocycles. The number of aromatic nitrogens is 1. The van der Waals surface area contributed by atoms with E-state index in [1.54, 1.807) is 14.0 Å². The molecule has 1 aromatic carbocycles. The number of methoxy groups -OCH3 is 1. The maximum absolute atomic E-state index is 13.6. The fourth-order valence-electron chi connectivity index (χ4n) is 6.37. The number of nitrogens with zero attached hydrogens (tertiary/aromatic N) is 2. The minimum atomic E-state index is -0.0179. The summed E-state index contributed by atoms with van der Waals surface area (Å²) < 4.78 is 5.31.